The third kappa shape index (κ3) is 2.96. The number of nitrogens with zero attached hydrogens (tertiary/aromatic N) is 1. The zero-order chi connectivity index (χ0) is 19.9. The Bertz CT molecular complexity index is 1040. The van der Waals surface area contributed by atoms with Gasteiger partial charge in [0.1, 0.15) is 11.4 Å². The first-order valence-corrected chi connectivity index (χ1v) is 9.67. The van der Waals surface area contributed by atoms with Crippen LogP contribution in [-0.2, 0) is 5.60 Å². The number of β-amino-alcohol motifs (C(OH)–C–C–N with tert-alkyl or cyclic N) is 1. The highest BCUT2D eigenvalue weighted by Crippen LogP contribution is 2.37. The molecule has 1 amide bonds. The highest BCUT2D eigenvalue weighted by molar-refractivity contribution is 6.06. The second-order valence-electron chi connectivity index (χ2n) is 7.67. The number of aryl methyl sites for hydroxylation is 2. The molecule has 1 atom stereocenters. The highest BCUT2D eigenvalue weighted by atomic mass is 16.5. The summed E-state index contributed by atoms with van der Waals surface area (Å²) in [6, 6.07) is 13.3. The SMILES string of the molecule is COc1ccccc1[C@@]1(O)CCCN(C(=O)c2cccc3c(C)c(C)[nH]c23)C1. The number of likely N-dealkylation sites (tertiary alicyclic amines) is 1. The molecule has 2 heterocycles. The lowest BCUT2D eigenvalue weighted by atomic mass is 9.85. The van der Waals surface area contributed by atoms with Crippen molar-refractivity contribution in [3.63, 3.8) is 0 Å². The number of para-hydroxylation sites is 2. The molecule has 146 valence electrons. The van der Waals surface area contributed by atoms with Gasteiger partial charge in [-0.3, -0.25) is 4.79 Å². The van der Waals surface area contributed by atoms with E-state index < -0.39 is 5.60 Å². The molecule has 1 aromatic heterocycles. The van der Waals surface area contributed by atoms with Crippen LogP contribution in [0.4, 0.5) is 0 Å². The summed E-state index contributed by atoms with van der Waals surface area (Å²) in [6.07, 6.45) is 1.33. The number of piperidine rings is 1. The average Bonchev–Trinajstić information content (AvgIpc) is 3.01. The van der Waals surface area contributed by atoms with E-state index >= 15 is 0 Å². The van der Waals surface area contributed by atoms with Crippen molar-refractivity contribution in [2.45, 2.75) is 32.3 Å². The molecule has 1 fully saturated rings. The van der Waals surface area contributed by atoms with E-state index in [1.807, 2.05) is 49.4 Å². The van der Waals surface area contributed by atoms with Crippen LogP contribution >= 0.6 is 0 Å². The minimum absolute atomic E-state index is 0.0557. The number of aromatic nitrogens is 1. The highest BCUT2D eigenvalue weighted by Gasteiger charge is 2.39. The van der Waals surface area contributed by atoms with Crippen LogP contribution < -0.4 is 4.74 Å². The molecule has 2 N–H and O–H groups in total. The van der Waals surface area contributed by atoms with Gasteiger partial charge < -0.3 is 19.7 Å². The number of amides is 1. The largest absolute Gasteiger partial charge is 0.496 e. The minimum Gasteiger partial charge on any atom is -0.496 e. The molecule has 0 spiro atoms. The lowest BCUT2D eigenvalue weighted by molar-refractivity contribution is -0.0302. The smallest absolute Gasteiger partial charge is 0.256 e. The third-order valence-corrected chi connectivity index (χ3v) is 5.94. The van der Waals surface area contributed by atoms with Gasteiger partial charge in [0.2, 0.25) is 0 Å². The first-order chi connectivity index (χ1) is 13.4. The second kappa shape index (κ2) is 6.99. The summed E-state index contributed by atoms with van der Waals surface area (Å²) in [4.78, 5) is 18.5. The number of rotatable bonds is 3. The number of ether oxygens (including phenoxy) is 1. The van der Waals surface area contributed by atoms with Crippen molar-refractivity contribution < 1.29 is 14.6 Å². The second-order valence-corrected chi connectivity index (χ2v) is 7.67. The number of H-pyrrole nitrogens is 1. The molecule has 0 radical (unpaired) electrons. The van der Waals surface area contributed by atoms with Gasteiger partial charge in [-0.2, -0.15) is 0 Å². The minimum atomic E-state index is -1.12. The Hall–Kier alpha value is -2.79. The first kappa shape index (κ1) is 18.6. The number of methoxy groups -OCH3 is 1. The van der Waals surface area contributed by atoms with Crippen LogP contribution in [0.2, 0.25) is 0 Å². The third-order valence-electron chi connectivity index (χ3n) is 5.94. The zero-order valence-corrected chi connectivity index (χ0v) is 16.6. The maximum Gasteiger partial charge on any atom is 0.256 e. The standard InChI is InChI=1S/C23H26N2O3/c1-15-16(2)24-21-17(15)8-6-9-18(21)22(26)25-13-7-12-23(27,14-25)19-10-4-5-11-20(19)28-3/h4-6,8-11,24,27H,7,12-14H2,1-3H3/t23-/m1/s1. The molecule has 2 aromatic carbocycles. The molecule has 3 aromatic rings. The molecule has 4 rings (SSSR count). The summed E-state index contributed by atoms with van der Waals surface area (Å²) in [6.45, 7) is 4.96. The summed E-state index contributed by atoms with van der Waals surface area (Å²) in [5.74, 6) is 0.594. The van der Waals surface area contributed by atoms with Crippen LogP contribution in [0.1, 0.15) is 40.0 Å². The summed E-state index contributed by atoms with van der Waals surface area (Å²) in [7, 11) is 1.60. The summed E-state index contributed by atoms with van der Waals surface area (Å²) >= 11 is 0. The van der Waals surface area contributed by atoms with E-state index in [9.17, 15) is 9.90 Å². The van der Waals surface area contributed by atoms with Crippen LogP contribution in [0.15, 0.2) is 42.5 Å². The van der Waals surface area contributed by atoms with Crippen molar-refractivity contribution in [3.8, 4) is 5.75 Å². The fourth-order valence-corrected chi connectivity index (χ4v) is 4.29. The van der Waals surface area contributed by atoms with Gasteiger partial charge in [-0.1, -0.05) is 30.3 Å². The molecule has 0 bridgehead atoms. The molecule has 5 heteroatoms. The van der Waals surface area contributed by atoms with Gasteiger partial charge in [0.25, 0.3) is 5.91 Å². The quantitative estimate of drug-likeness (QED) is 0.726. The topological polar surface area (TPSA) is 65.6 Å². The Kier molecular flexibility index (Phi) is 4.63. The van der Waals surface area contributed by atoms with Crippen LogP contribution in [0.5, 0.6) is 5.75 Å². The van der Waals surface area contributed by atoms with Gasteiger partial charge in [0, 0.05) is 23.2 Å². The van der Waals surface area contributed by atoms with Crippen molar-refractivity contribution in [1.29, 1.82) is 0 Å². The molecule has 5 nitrogen and oxygen atoms in total. The fraction of sp³-hybridized carbons (Fsp3) is 0.348. The van der Waals surface area contributed by atoms with Crippen LogP contribution in [0.25, 0.3) is 10.9 Å². The Morgan fingerprint density at radius 1 is 1.18 bits per heavy atom. The van der Waals surface area contributed by atoms with E-state index in [4.69, 9.17) is 4.74 Å². The Morgan fingerprint density at radius 3 is 2.75 bits per heavy atom. The summed E-state index contributed by atoms with van der Waals surface area (Å²) in [5, 5.41) is 12.5. The van der Waals surface area contributed by atoms with Crippen molar-refractivity contribution >= 4 is 16.8 Å². The van der Waals surface area contributed by atoms with Crippen molar-refractivity contribution in [2.24, 2.45) is 0 Å². The van der Waals surface area contributed by atoms with Gasteiger partial charge in [-0.05, 0) is 44.4 Å². The molecule has 0 saturated carbocycles. The van der Waals surface area contributed by atoms with Gasteiger partial charge >= 0.3 is 0 Å². The maximum absolute atomic E-state index is 13.4. The molecular formula is C23H26N2O3. The summed E-state index contributed by atoms with van der Waals surface area (Å²) < 4.78 is 5.45. The maximum atomic E-state index is 13.4. The number of benzene rings is 2. The normalized spacial score (nSPS) is 19.8. The lowest BCUT2D eigenvalue weighted by Gasteiger charge is -2.40. The Balaban J connectivity index is 1.69. The molecular weight excluding hydrogens is 352 g/mol. The van der Waals surface area contributed by atoms with Crippen LogP contribution in [0.3, 0.4) is 0 Å². The molecule has 0 unspecified atom stereocenters. The van der Waals surface area contributed by atoms with E-state index in [0.29, 0.717) is 24.3 Å². The van der Waals surface area contributed by atoms with Crippen LogP contribution in [0, 0.1) is 13.8 Å². The number of nitrogens with one attached hydrogen (secondary N) is 1. The Labute approximate surface area is 164 Å². The molecule has 1 aliphatic heterocycles. The number of hydrogen-bond donors (Lipinski definition) is 2. The first-order valence-electron chi connectivity index (χ1n) is 9.67. The predicted molar refractivity (Wildman–Crippen MR) is 110 cm³/mol. The van der Waals surface area contributed by atoms with Crippen LogP contribution in [-0.4, -0.2) is 41.1 Å². The lowest BCUT2D eigenvalue weighted by Crippen LogP contribution is -2.48. The number of hydrogen-bond acceptors (Lipinski definition) is 3. The number of carbonyl (C=O) groups excluding carboxylic acids is 1. The van der Waals surface area contributed by atoms with Crippen molar-refractivity contribution in [3.05, 3.63) is 64.8 Å². The predicted octanol–water partition coefficient (Wildman–Crippen LogP) is 3.92. The number of aromatic amines is 1. The van der Waals surface area contributed by atoms with E-state index in [1.54, 1.807) is 12.0 Å². The van der Waals surface area contributed by atoms with E-state index in [-0.39, 0.29) is 12.5 Å². The van der Waals surface area contributed by atoms with Gasteiger partial charge in [0.15, 0.2) is 0 Å². The summed E-state index contributed by atoms with van der Waals surface area (Å²) in [5.41, 5.74) is 3.37. The monoisotopic (exact) mass is 378 g/mol. The Morgan fingerprint density at radius 2 is 1.96 bits per heavy atom. The van der Waals surface area contributed by atoms with E-state index in [2.05, 4.69) is 11.9 Å². The van der Waals surface area contributed by atoms with E-state index in [1.165, 1.54) is 0 Å². The van der Waals surface area contributed by atoms with Crippen molar-refractivity contribution in [2.75, 3.05) is 20.2 Å². The van der Waals surface area contributed by atoms with Gasteiger partial charge in [0.05, 0.1) is 24.7 Å². The van der Waals surface area contributed by atoms with Crippen molar-refractivity contribution in [1.82, 2.24) is 9.88 Å². The molecule has 1 aliphatic rings. The molecule has 28 heavy (non-hydrogen) atoms. The number of carbonyl (C=O) groups is 1. The number of aliphatic hydroxyl groups is 1. The van der Waals surface area contributed by atoms with Gasteiger partial charge in [-0.15, -0.1) is 0 Å². The zero-order valence-electron chi connectivity index (χ0n) is 16.6. The molecule has 0 aliphatic carbocycles. The average molecular weight is 378 g/mol. The fourth-order valence-electron chi connectivity index (χ4n) is 4.29. The van der Waals surface area contributed by atoms with E-state index in [0.717, 1.165) is 34.1 Å². The number of fused-ring (bicyclic) bond motifs is 1. The molecule has 1 saturated heterocycles. The van der Waals surface area contributed by atoms with Gasteiger partial charge in [-0.25, -0.2) is 0 Å².